The summed E-state index contributed by atoms with van der Waals surface area (Å²) in [7, 11) is 0. The Bertz CT molecular complexity index is 846. The van der Waals surface area contributed by atoms with E-state index in [2.05, 4.69) is 52.8 Å². The first-order chi connectivity index (χ1) is 13.8. The Hall–Kier alpha value is -1.73. The molecule has 0 heterocycles. The van der Waals surface area contributed by atoms with Crippen LogP contribution < -0.4 is 4.74 Å². The van der Waals surface area contributed by atoms with Gasteiger partial charge in [-0.05, 0) is 99.1 Å². The predicted octanol–water partition coefficient (Wildman–Crippen LogP) is 8.59. The highest BCUT2D eigenvalue weighted by Gasteiger charge is 2.31. The van der Waals surface area contributed by atoms with E-state index >= 15 is 0 Å². The first kappa shape index (κ1) is 22.0. The van der Waals surface area contributed by atoms with Crippen LogP contribution in [0.2, 0.25) is 5.02 Å². The van der Waals surface area contributed by atoms with Gasteiger partial charge in [-0.2, -0.15) is 0 Å². The van der Waals surface area contributed by atoms with Crippen molar-refractivity contribution < 1.29 is 4.74 Å². The molecule has 0 aromatic heterocycles. The van der Waals surface area contributed by atoms with Crippen molar-refractivity contribution in [1.82, 2.24) is 0 Å². The van der Waals surface area contributed by atoms with Crippen LogP contribution in [0.1, 0.15) is 87.5 Å². The molecule has 1 aliphatic rings. The second-order valence-corrected chi connectivity index (χ2v) is 9.54. The van der Waals surface area contributed by atoms with Crippen LogP contribution in [0.25, 0.3) is 0 Å². The highest BCUT2D eigenvalue weighted by atomic mass is 35.5. The molecule has 0 N–H and O–H groups in total. The Kier molecular flexibility index (Phi) is 7.46. The first-order valence-electron chi connectivity index (χ1n) is 11.0. The lowest BCUT2D eigenvalue weighted by molar-refractivity contribution is 0.293. The van der Waals surface area contributed by atoms with Crippen LogP contribution in [0.3, 0.4) is 0 Å². The van der Waals surface area contributed by atoms with Crippen LogP contribution in [0, 0.1) is 12.8 Å². The van der Waals surface area contributed by atoms with Crippen molar-refractivity contribution >= 4 is 11.6 Å². The van der Waals surface area contributed by atoms with E-state index in [1.54, 1.807) is 0 Å². The van der Waals surface area contributed by atoms with Gasteiger partial charge in [0.15, 0.2) is 0 Å². The summed E-state index contributed by atoms with van der Waals surface area (Å²) < 4.78 is 6.37. The molecule has 2 aromatic carbocycles. The van der Waals surface area contributed by atoms with E-state index in [0.29, 0.717) is 24.4 Å². The van der Waals surface area contributed by atoms with Crippen LogP contribution in [0.15, 0.2) is 48.0 Å². The molecule has 156 valence electrons. The van der Waals surface area contributed by atoms with E-state index in [1.807, 2.05) is 24.3 Å². The summed E-state index contributed by atoms with van der Waals surface area (Å²) in [6, 6.07) is 12.6. The van der Waals surface area contributed by atoms with Crippen molar-refractivity contribution in [2.24, 2.45) is 5.92 Å². The molecule has 0 bridgehead atoms. The minimum Gasteiger partial charge on any atom is -0.489 e. The van der Waals surface area contributed by atoms with Gasteiger partial charge in [0.2, 0.25) is 0 Å². The topological polar surface area (TPSA) is 9.23 Å². The third kappa shape index (κ3) is 5.66. The molecule has 1 nitrogen and oxygen atoms in total. The van der Waals surface area contributed by atoms with Gasteiger partial charge in [0, 0.05) is 10.6 Å². The van der Waals surface area contributed by atoms with Crippen molar-refractivity contribution in [3.63, 3.8) is 0 Å². The molecule has 29 heavy (non-hydrogen) atoms. The number of fused-ring (bicyclic) bond motifs is 1. The molecule has 0 saturated heterocycles. The van der Waals surface area contributed by atoms with Crippen LogP contribution in [-0.4, -0.2) is 0 Å². The summed E-state index contributed by atoms with van der Waals surface area (Å²) in [6.07, 6.45) is 7.32. The maximum Gasteiger partial charge on any atom is 0.123 e. The minimum atomic E-state index is 0.548. The second-order valence-electron chi connectivity index (χ2n) is 9.10. The van der Waals surface area contributed by atoms with Crippen LogP contribution in [-0.2, 0) is 6.61 Å². The first-order valence-corrected chi connectivity index (χ1v) is 11.4. The lowest BCUT2D eigenvalue weighted by Crippen LogP contribution is -2.20. The Balaban J connectivity index is 1.83. The Labute approximate surface area is 182 Å². The SMILES string of the molecule is CC(C)=CCC[C@H](C)[C@@H]1CC[C@@H](C)c2c(OCc3ccc(Cl)cc3)cc(C)cc21. The Morgan fingerprint density at radius 1 is 1.17 bits per heavy atom. The quantitative estimate of drug-likeness (QED) is 0.415. The van der Waals surface area contributed by atoms with Crippen molar-refractivity contribution in [2.45, 2.75) is 78.7 Å². The monoisotopic (exact) mass is 410 g/mol. The second kappa shape index (κ2) is 9.85. The van der Waals surface area contributed by atoms with Gasteiger partial charge >= 0.3 is 0 Å². The van der Waals surface area contributed by atoms with Gasteiger partial charge in [-0.15, -0.1) is 0 Å². The zero-order chi connectivity index (χ0) is 21.0. The van der Waals surface area contributed by atoms with Crippen LogP contribution in [0.4, 0.5) is 0 Å². The molecule has 0 unspecified atom stereocenters. The van der Waals surface area contributed by atoms with E-state index in [0.717, 1.165) is 16.3 Å². The van der Waals surface area contributed by atoms with Crippen molar-refractivity contribution in [3.8, 4) is 5.75 Å². The van der Waals surface area contributed by atoms with Gasteiger partial charge in [0.05, 0.1) is 0 Å². The van der Waals surface area contributed by atoms with E-state index in [4.69, 9.17) is 16.3 Å². The fraction of sp³-hybridized carbons (Fsp3) is 0.481. The predicted molar refractivity (Wildman–Crippen MR) is 125 cm³/mol. The molecule has 0 radical (unpaired) electrons. The third-order valence-corrected chi connectivity index (χ3v) is 6.54. The van der Waals surface area contributed by atoms with Gasteiger partial charge in [0.1, 0.15) is 12.4 Å². The molecule has 3 atom stereocenters. The molecule has 0 amide bonds. The highest BCUT2D eigenvalue weighted by Crippen LogP contribution is 2.47. The molecule has 0 saturated carbocycles. The van der Waals surface area contributed by atoms with Crippen molar-refractivity contribution in [3.05, 3.63) is 75.3 Å². The number of halogens is 1. The van der Waals surface area contributed by atoms with E-state index < -0.39 is 0 Å². The summed E-state index contributed by atoms with van der Waals surface area (Å²) in [6.45, 7) is 11.9. The average Bonchev–Trinajstić information content (AvgIpc) is 2.67. The summed E-state index contributed by atoms with van der Waals surface area (Å²) in [4.78, 5) is 0. The number of benzene rings is 2. The Morgan fingerprint density at radius 2 is 1.90 bits per heavy atom. The number of rotatable bonds is 7. The number of allylic oxidation sites excluding steroid dienone is 2. The lowest BCUT2D eigenvalue weighted by Gasteiger charge is -2.35. The molecule has 2 aromatic rings. The zero-order valence-corrected chi connectivity index (χ0v) is 19.4. The molecule has 2 heteroatoms. The van der Waals surface area contributed by atoms with Gasteiger partial charge in [0.25, 0.3) is 0 Å². The standard InChI is InChI=1S/C27H35ClO/c1-18(2)7-6-8-20(4)24-14-9-21(5)27-25(24)15-19(3)16-26(27)29-17-22-10-12-23(28)13-11-22/h7,10-13,15-16,20-21,24H,6,8-9,14,17H2,1-5H3/t20-,21+,24-/m0/s1. The molecule has 0 spiro atoms. The fourth-order valence-electron chi connectivity index (χ4n) is 4.64. The third-order valence-electron chi connectivity index (χ3n) is 6.29. The maximum atomic E-state index is 6.37. The normalized spacial score (nSPS) is 19.4. The average molecular weight is 411 g/mol. The molecular weight excluding hydrogens is 376 g/mol. The van der Waals surface area contributed by atoms with Crippen LogP contribution in [0.5, 0.6) is 5.75 Å². The largest absolute Gasteiger partial charge is 0.489 e. The zero-order valence-electron chi connectivity index (χ0n) is 18.6. The van der Waals surface area contributed by atoms with Crippen LogP contribution >= 0.6 is 11.6 Å². The van der Waals surface area contributed by atoms with E-state index in [1.165, 1.54) is 47.9 Å². The molecule has 0 fully saturated rings. The maximum absolute atomic E-state index is 6.37. The number of ether oxygens (including phenoxy) is 1. The minimum absolute atomic E-state index is 0.548. The van der Waals surface area contributed by atoms with E-state index in [-0.39, 0.29) is 0 Å². The number of aryl methyl sites for hydroxylation is 1. The molecular formula is C27H35ClO. The van der Waals surface area contributed by atoms with E-state index in [9.17, 15) is 0 Å². The molecule has 3 rings (SSSR count). The van der Waals surface area contributed by atoms with Gasteiger partial charge in [-0.25, -0.2) is 0 Å². The van der Waals surface area contributed by atoms with Gasteiger partial charge in [-0.1, -0.05) is 55.3 Å². The highest BCUT2D eigenvalue weighted by molar-refractivity contribution is 6.30. The van der Waals surface area contributed by atoms with Crippen molar-refractivity contribution in [1.29, 1.82) is 0 Å². The summed E-state index contributed by atoms with van der Waals surface area (Å²) in [5.74, 6) is 2.93. The smallest absolute Gasteiger partial charge is 0.123 e. The summed E-state index contributed by atoms with van der Waals surface area (Å²) >= 11 is 6.02. The summed E-state index contributed by atoms with van der Waals surface area (Å²) in [5, 5.41) is 0.764. The Morgan fingerprint density at radius 3 is 2.59 bits per heavy atom. The van der Waals surface area contributed by atoms with Gasteiger partial charge in [-0.3, -0.25) is 0 Å². The van der Waals surface area contributed by atoms with Gasteiger partial charge < -0.3 is 4.74 Å². The summed E-state index contributed by atoms with van der Waals surface area (Å²) in [5.41, 5.74) is 6.84. The molecule has 0 aliphatic heterocycles. The van der Waals surface area contributed by atoms with Crippen molar-refractivity contribution in [2.75, 3.05) is 0 Å². The fourth-order valence-corrected chi connectivity index (χ4v) is 4.77. The number of hydrogen-bond acceptors (Lipinski definition) is 1. The lowest BCUT2D eigenvalue weighted by atomic mass is 9.71. The number of hydrogen-bond donors (Lipinski definition) is 0. The molecule has 1 aliphatic carbocycles.